The molecule has 5 nitrogen and oxygen atoms in total. The first-order valence-corrected chi connectivity index (χ1v) is 7.93. The summed E-state index contributed by atoms with van der Waals surface area (Å²) in [6.45, 7) is 1.70. The Balaban J connectivity index is 1.99. The van der Waals surface area contributed by atoms with E-state index in [1.54, 1.807) is 18.3 Å². The van der Waals surface area contributed by atoms with Crippen LogP contribution >= 0.6 is 11.3 Å². The number of urea groups is 1. The first-order valence-electron chi connectivity index (χ1n) is 7.12. The number of rotatable bonds is 3. The van der Waals surface area contributed by atoms with Gasteiger partial charge in [-0.1, -0.05) is 30.3 Å². The molecule has 0 bridgehead atoms. The molecule has 0 unspecified atom stereocenters. The maximum atomic E-state index is 12.1. The van der Waals surface area contributed by atoms with Crippen molar-refractivity contribution in [1.29, 1.82) is 0 Å². The Bertz CT molecular complexity index is 780. The third kappa shape index (κ3) is 2.98. The van der Waals surface area contributed by atoms with E-state index in [1.807, 2.05) is 42.5 Å². The Labute approximate surface area is 138 Å². The number of allylic oxidation sites excluding steroid dienone is 1. The highest BCUT2D eigenvalue weighted by Crippen LogP contribution is 2.36. The number of benzene rings is 1. The molecule has 1 aliphatic heterocycles. The van der Waals surface area contributed by atoms with Gasteiger partial charge in [-0.05, 0) is 24.6 Å². The van der Waals surface area contributed by atoms with E-state index in [1.165, 1.54) is 7.11 Å². The lowest BCUT2D eigenvalue weighted by Gasteiger charge is -2.26. The Kier molecular flexibility index (Phi) is 4.16. The third-order valence-electron chi connectivity index (χ3n) is 3.64. The quantitative estimate of drug-likeness (QED) is 0.850. The molecule has 1 aliphatic rings. The van der Waals surface area contributed by atoms with Gasteiger partial charge in [0, 0.05) is 15.5 Å². The van der Waals surface area contributed by atoms with Gasteiger partial charge in [0.05, 0.1) is 18.7 Å². The maximum absolute atomic E-state index is 12.1. The van der Waals surface area contributed by atoms with Crippen LogP contribution < -0.4 is 10.6 Å². The number of carbonyl (C=O) groups is 2. The molecule has 2 heterocycles. The van der Waals surface area contributed by atoms with E-state index in [0.29, 0.717) is 11.3 Å². The maximum Gasteiger partial charge on any atom is 0.338 e. The summed E-state index contributed by atoms with van der Waals surface area (Å²) in [5, 5.41) is 5.41. The molecule has 2 aromatic rings. The summed E-state index contributed by atoms with van der Waals surface area (Å²) in [6.07, 6.45) is 0. The van der Waals surface area contributed by atoms with Crippen LogP contribution in [0.5, 0.6) is 0 Å². The van der Waals surface area contributed by atoms with E-state index in [4.69, 9.17) is 4.74 Å². The van der Waals surface area contributed by atoms with Crippen LogP contribution in [0.4, 0.5) is 4.79 Å². The van der Waals surface area contributed by atoms with Gasteiger partial charge in [0.15, 0.2) is 0 Å². The summed E-state index contributed by atoms with van der Waals surface area (Å²) in [5.74, 6) is -0.449. The normalized spacial score (nSPS) is 17.5. The molecule has 0 saturated carbocycles. The van der Waals surface area contributed by atoms with Crippen LogP contribution in [0.25, 0.3) is 10.4 Å². The lowest BCUT2D eigenvalue weighted by molar-refractivity contribution is -0.136. The van der Waals surface area contributed by atoms with Crippen molar-refractivity contribution in [3.8, 4) is 10.4 Å². The van der Waals surface area contributed by atoms with Crippen molar-refractivity contribution in [2.45, 2.75) is 13.0 Å². The highest BCUT2D eigenvalue weighted by molar-refractivity contribution is 7.15. The Morgan fingerprint density at radius 3 is 2.61 bits per heavy atom. The summed E-state index contributed by atoms with van der Waals surface area (Å²) in [7, 11) is 1.33. The first-order chi connectivity index (χ1) is 11.1. The van der Waals surface area contributed by atoms with E-state index in [2.05, 4.69) is 10.6 Å². The van der Waals surface area contributed by atoms with Gasteiger partial charge in [-0.25, -0.2) is 9.59 Å². The zero-order chi connectivity index (χ0) is 16.4. The van der Waals surface area contributed by atoms with Crippen molar-refractivity contribution in [3.63, 3.8) is 0 Å². The van der Waals surface area contributed by atoms with Gasteiger partial charge in [0.2, 0.25) is 0 Å². The van der Waals surface area contributed by atoms with Gasteiger partial charge >= 0.3 is 12.0 Å². The minimum absolute atomic E-state index is 0.324. The van der Waals surface area contributed by atoms with Crippen molar-refractivity contribution < 1.29 is 14.3 Å². The summed E-state index contributed by atoms with van der Waals surface area (Å²) in [4.78, 5) is 25.8. The van der Waals surface area contributed by atoms with E-state index >= 15 is 0 Å². The summed E-state index contributed by atoms with van der Waals surface area (Å²) in [5.41, 5.74) is 2.04. The summed E-state index contributed by atoms with van der Waals surface area (Å²) < 4.78 is 4.86. The molecule has 2 amide bonds. The zero-order valence-corrected chi connectivity index (χ0v) is 13.6. The second-order valence-corrected chi connectivity index (χ2v) is 6.25. The van der Waals surface area contributed by atoms with Crippen LogP contribution in [0.1, 0.15) is 17.8 Å². The number of amides is 2. The number of esters is 1. The van der Waals surface area contributed by atoms with Crippen molar-refractivity contribution in [1.82, 2.24) is 10.6 Å². The predicted octanol–water partition coefficient (Wildman–Crippen LogP) is 3.22. The number of ether oxygens (including phenoxy) is 1. The minimum Gasteiger partial charge on any atom is -0.466 e. The van der Waals surface area contributed by atoms with Crippen molar-refractivity contribution in [3.05, 3.63) is 58.6 Å². The molecular formula is C17H16N2O3S. The summed E-state index contributed by atoms with van der Waals surface area (Å²) in [6, 6.07) is 13.1. The molecular weight excluding hydrogens is 312 g/mol. The number of nitrogens with one attached hydrogen (secondary N) is 2. The first kappa shape index (κ1) is 15.3. The number of methoxy groups -OCH3 is 1. The molecule has 1 aromatic heterocycles. The summed E-state index contributed by atoms with van der Waals surface area (Å²) >= 11 is 1.54. The van der Waals surface area contributed by atoms with Gasteiger partial charge in [-0.15, -0.1) is 11.3 Å². The van der Waals surface area contributed by atoms with E-state index in [9.17, 15) is 9.59 Å². The van der Waals surface area contributed by atoms with Crippen molar-refractivity contribution in [2.75, 3.05) is 7.11 Å². The fourth-order valence-electron chi connectivity index (χ4n) is 2.55. The van der Waals surface area contributed by atoms with Gasteiger partial charge in [-0.3, -0.25) is 0 Å². The standard InChI is InChI=1S/C17H16N2O3S/c1-10-14(16(20)22-2)15(19-17(21)18-10)13-9-8-12(23-13)11-6-4-3-5-7-11/h3-9,15H,1-2H3,(H2,18,19,21)/t15-/m0/s1. The monoisotopic (exact) mass is 328 g/mol. The fourth-order valence-corrected chi connectivity index (χ4v) is 3.63. The van der Waals surface area contributed by atoms with Crippen LogP contribution in [-0.2, 0) is 9.53 Å². The van der Waals surface area contributed by atoms with Crippen LogP contribution in [-0.4, -0.2) is 19.1 Å². The average Bonchev–Trinajstić information content (AvgIpc) is 3.04. The smallest absolute Gasteiger partial charge is 0.338 e. The van der Waals surface area contributed by atoms with E-state index in [0.717, 1.165) is 15.3 Å². The van der Waals surface area contributed by atoms with Gasteiger partial charge in [-0.2, -0.15) is 0 Å². The number of hydrogen-bond donors (Lipinski definition) is 2. The molecule has 6 heteroatoms. The highest BCUT2D eigenvalue weighted by Gasteiger charge is 2.32. The van der Waals surface area contributed by atoms with Crippen LogP contribution in [0, 0.1) is 0 Å². The highest BCUT2D eigenvalue weighted by atomic mass is 32.1. The van der Waals surface area contributed by atoms with E-state index < -0.39 is 12.0 Å². The molecule has 2 N–H and O–H groups in total. The molecule has 0 fully saturated rings. The molecule has 0 aliphatic carbocycles. The van der Waals surface area contributed by atoms with Crippen LogP contribution in [0.3, 0.4) is 0 Å². The van der Waals surface area contributed by atoms with Gasteiger partial charge in [0.25, 0.3) is 0 Å². The van der Waals surface area contributed by atoms with Crippen LogP contribution in [0.2, 0.25) is 0 Å². The van der Waals surface area contributed by atoms with Gasteiger partial charge < -0.3 is 15.4 Å². The predicted molar refractivity (Wildman–Crippen MR) is 88.9 cm³/mol. The van der Waals surface area contributed by atoms with E-state index in [-0.39, 0.29) is 6.03 Å². The lowest BCUT2D eigenvalue weighted by Crippen LogP contribution is -2.45. The number of thiophene rings is 1. The molecule has 118 valence electrons. The lowest BCUT2D eigenvalue weighted by atomic mass is 10.0. The molecule has 0 saturated heterocycles. The largest absolute Gasteiger partial charge is 0.466 e. The molecule has 0 spiro atoms. The Morgan fingerprint density at radius 2 is 1.91 bits per heavy atom. The second-order valence-electron chi connectivity index (χ2n) is 5.13. The molecule has 1 atom stereocenters. The molecule has 1 aromatic carbocycles. The molecule has 3 rings (SSSR count). The van der Waals surface area contributed by atoms with Crippen molar-refractivity contribution >= 4 is 23.3 Å². The third-order valence-corrected chi connectivity index (χ3v) is 4.84. The molecule has 0 radical (unpaired) electrons. The van der Waals surface area contributed by atoms with Crippen LogP contribution in [0.15, 0.2) is 53.7 Å². The Morgan fingerprint density at radius 1 is 1.17 bits per heavy atom. The average molecular weight is 328 g/mol. The zero-order valence-electron chi connectivity index (χ0n) is 12.8. The number of hydrogen-bond acceptors (Lipinski definition) is 4. The Hall–Kier alpha value is -2.60. The minimum atomic E-state index is -0.501. The fraction of sp³-hybridized carbons (Fsp3) is 0.176. The topological polar surface area (TPSA) is 67.4 Å². The molecule has 23 heavy (non-hydrogen) atoms. The van der Waals surface area contributed by atoms with Crippen molar-refractivity contribution in [2.24, 2.45) is 0 Å². The van der Waals surface area contributed by atoms with Gasteiger partial charge in [0.1, 0.15) is 0 Å². The number of carbonyl (C=O) groups excluding carboxylic acids is 2. The second kappa shape index (κ2) is 6.26. The SMILES string of the molecule is COC(=O)C1=C(C)NC(=O)N[C@H]1c1ccc(-c2ccccc2)s1.